The molecule has 1 rings (SSSR count). The molecule has 0 fully saturated rings. The lowest BCUT2D eigenvalue weighted by atomic mass is 10.1. The average molecular weight is 276 g/mol. The highest BCUT2D eigenvalue weighted by atomic mass is 35.5. The topological polar surface area (TPSA) is 46.2 Å². The maximum atomic E-state index is 11.9. The predicted octanol–water partition coefficient (Wildman–Crippen LogP) is 2.60. The molecule has 0 aliphatic carbocycles. The van der Waals surface area contributed by atoms with Crippen LogP contribution in [0.3, 0.4) is 0 Å². The van der Waals surface area contributed by atoms with Crippen molar-refractivity contribution in [2.45, 2.75) is 37.5 Å². The van der Waals surface area contributed by atoms with E-state index in [2.05, 4.69) is 4.72 Å². The van der Waals surface area contributed by atoms with Gasteiger partial charge in [0.05, 0.1) is 4.90 Å². The van der Waals surface area contributed by atoms with Crippen molar-refractivity contribution in [3.63, 3.8) is 0 Å². The van der Waals surface area contributed by atoms with Crippen LogP contribution in [0.5, 0.6) is 0 Å². The molecule has 0 aromatic heterocycles. The zero-order chi connectivity index (χ0) is 13.1. The van der Waals surface area contributed by atoms with Gasteiger partial charge in [-0.15, -0.1) is 11.6 Å². The largest absolute Gasteiger partial charge is 0.240 e. The molecule has 0 bridgehead atoms. The maximum absolute atomic E-state index is 11.9. The Hall–Kier alpha value is -0.580. The van der Waals surface area contributed by atoms with Crippen LogP contribution in [0, 0.1) is 13.8 Å². The molecular formula is C12H18ClNO2S. The van der Waals surface area contributed by atoms with Gasteiger partial charge in [0, 0.05) is 11.9 Å². The normalized spacial score (nSPS) is 13.6. The van der Waals surface area contributed by atoms with Gasteiger partial charge in [-0.05, 0) is 50.5 Å². The molecule has 0 heterocycles. The van der Waals surface area contributed by atoms with Crippen LogP contribution in [-0.2, 0) is 10.0 Å². The van der Waals surface area contributed by atoms with Gasteiger partial charge in [0.25, 0.3) is 0 Å². The molecule has 0 saturated heterocycles. The SMILES string of the molecule is Cc1ccc(S(=O)(=O)NCCC(C)Cl)cc1C. The number of aryl methyl sites for hydroxylation is 2. The van der Waals surface area contributed by atoms with E-state index < -0.39 is 10.0 Å². The van der Waals surface area contributed by atoms with Crippen LogP contribution in [0.15, 0.2) is 23.1 Å². The quantitative estimate of drug-likeness (QED) is 0.840. The van der Waals surface area contributed by atoms with Crippen molar-refractivity contribution in [1.29, 1.82) is 0 Å². The first-order valence-electron chi connectivity index (χ1n) is 5.54. The summed E-state index contributed by atoms with van der Waals surface area (Å²) in [6.45, 7) is 6.05. The molecule has 1 N–H and O–H groups in total. The van der Waals surface area contributed by atoms with Crippen molar-refractivity contribution in [1.82, 2.24) is 4.72 Å². The van der Waals surface area contributed by atoms with Crippen LogP contribution in [0.1, 0.15) is 24.5 Å². The summed E-state index contributed by atoms with van der Waals surface area (Å²) >= 11 is 5.76. The van der Waals surface area contributed by atoms with Crippen LogP contribution >= 0.6 is 11.6 Å². The monoisotopic (exact) mass is 275 g/mol. The van der Waals surface area contributed by atoms with Crippen molar-refractivity contribution >= 4 is 21.6 Å². The summed E-state index contributed by atoms with van der Waals surface area (Å²) < 4.78 is 26.4. The molecule has 0 saturated carbocycles. The fourth-order valence-electron chi connectivity index (χ4n) is 1.36. The fourth-order valence-corrected chi connectivity index (χ4v) is 2.60. The number of hydrogen-bond acceptors (Lipinski definition) is 2. The Labute approximate surface area is 108 Å². The van der Waals surface area contributed by atoms with Crippen LogP contribution in [0.25, 0.3) is 0 Å². The smallest absolute Gasteiger partial charge is 0.211 e. The van der Waals surface area contributed by atoms with E-state index in [1.807, 2.05) is 26.8 Å². The van der Waals surface area contributed by atoms with Gasteiger partial charge in [0.2, 0.25) is 10.0 Å². The number of alkyl halides is 1. The van der Waals surface area contributed by atoms with E-state index in [4.69, 9.17) is 11.6 Å². The lowest BCUT2D eigenvalue weighted by Gasteiger charge is -2.09. The first-order chi connectivity index (χ1) is 7.83. The summed E-state index contributed by atoms with van der Waals surface area (Å²) in [6, 6.07) is 5.12. The Balaban J connectivity index is 2.79. The van der Waals surface area contributed by atoms with Crippen molar-refractivity contribution < 1.29 is 8.42 Å². The first-order valence-corrected chi connectivity index (χ1v) is 7.46. The molecule has 96 valence electrons. The Bertz CT molecular complexity index is 483. The van der Waals surface area contributed by atoms with Crippen molar-refractivity contribution in [2.75, 3.05) is 6.54 Å². The zero-order valence-electron chi connectivity index (χ0n) is 10.3. The summed E-state index contributed by atoms with van der Waals surface area (Å²) in [4.78, 5) is 0.308. The summed E-state index contributed by atoms with van der Waals surface area (Å²) in [6.07, 6.45) is 0.617. The van der Waals surface area contributed by atoms with Crippen LogP contribution in [0.4, 0.5) is 0 Å². The van der Waals surface area contributed by atoms with E-state index in [0.29, 0.717) is 17.9 Å². The average Bonchev–Trinajstić information content (AvgIpc) is 2.21. The summed E-state index contributed by atoms with van der Waals surface area (Å²) in [7, 11) is -3.40. The van der Waals surface area contributed by atoms with Gasteiger partial charge in [-0.2, -0.15) is 0 Å². The van der Waals surface area contributed by atoms with E-state index in [-0.39, 0.29) is 5.38 Å². The first kappa shape index (κ1) is 14.5. The molecule has 1 unspecified atom stereocenters. The van der Waals surface area contributed by atoms with Gasteiger partial charge in [-0.25, -0.2) is 13.1 Å². The third-order valence-electron chi connectivity index (χ3n) is 2.62. The number of nitrogens with one attached hydrogen (secondary N) is 1. The Morgan fingerprint density at radius 1 is 1.29 bits per heavy atom. The molecule has 3 nitrogen and oxygen atoms in total. The lowest BCUT2D eigenvalue weighted by Crippen LogP contribution is -2.26. The third-order valence-corrected chi connectivity index (χ3v) is 4.30. The molecule has 17 heavy (non-hydrogen) atoms. The minimum Gasteiger partial charge on any atom is -0.211 e. The highest BCUT2D eigenvalue weighted by Crippen LogP contribution is 2.14. The highest BCUT2D eigenvalue weighted by Gasteiger charge is 2.14. The van der Waals surface area contributed by atoms with Gasteiger partial charge in [0.1, 0.15) is 0 Å². The molecule has 1 aromatic carbocycles. The number of sulfonamides is 1. The number of halogens is 1. The summed E-state index contributed by atoms with van der Waals surface area (Å²) in [5.41, 5.74) is 2.05. The Morgan fingerprint density at radius 2 is 1.94 bits per heavy atom. The van der Waals surface area contributed by atoms with E-state index >= 15 is 0 Å². The summed E-state index contributed by atoms with van der Waals surface area (Å²) in [5, 5.41) is -0.0301. The number of benzene rings is 1. The second kappa shape index (κ2) is 5.85. The number of rotatable bonds is 5. The number of hydrogen-bond donors (Lipinski definition) is 1. The van der Waals surface area contributed by atoms with Gasteiger partial charge in [0.15, 0.2) is 0 Å². The Morgan fingerprint density at radius 3 is 2.47 bits per heavy atom. The fraction of sp³-hybridized carbons (Fsp3) is 0.500. The van der Waals surface area contributed by atoms with Crippen LogP contribution in [-0.4, -0.2) is 20.3 Å². The van der Waals surface area contributed by atoms with Crippen molar-refractivity contribution in [3.05, 3.63) is 29.3 Å². The highest BCUT2D eigenvalue weighted by molar-refractivity contribution is 7.89. The van der Waals surface area contributed by atoms with E-state index in [1.54, 1.807) is 12.1 Å². The second-order valence-electron chi connectivity index (χ2n) is 4.21. The summed E-state index contributed by atoms with van der Waals surface area (Å²) in [5.74, 6) is 0. The second-order valence-corrected chi connectivity index (χ2v) is 6.73. The van der Waals surface area contributed by atoms with Crippen LogP contribution in [0.2, 0.25) is 0 Å². The molecule has 0 aliphatic rings. The van der Waals surface area contributed by atoms with Gasteiger partial charge in [-0.3, -0.25) is 0 Å². The van der Waals surface area contributed by atoms with E-state index in [9.17, 15) is 8.42 Å². The molecule has 0 radical (unpaired) electrons. The molecule has 0 aliphatic heterocycles. The molecule has 1 aromatic rings. The molecule has 0 spiro atoms. The standard InChI is InChI=1S/C12H18ClNO2S/c1-9-4-5-12(8-10(9)2)17(15,16)14-7-6-11(3)13/h4-5,8,11,14H,6-7H2,1-3H3. The molecule has 5 heteroatoms. The maximum Gasteiger partial charge on any atom is 0.240 e. The third kappa shape index (κ3) is 4.30. The van der Waals surface area contributed by atoms with Gasteiger partial charge in [-0.1, -0.05) is 6.07 Å². The predicted molar refractivity (Wildman–Crippen MR) is 71.0 cm³/mol. The molecule has 1 atom stereocenters. The minimum atomic E-state index is -3.40. The van der Waals surface area contributed by atoms with Gasteiger partial charge >= 0.3 is 0 Å². The zero-order valence-corrected chi connectivity index (χ0v) is 11.9. The van der Waals surface area contributed by atoms with E-state index in [1.165, 1.54) is 0 Å². The lowest BCUT2D eigenvalue weighted by molar-refractivity contribution is 0.578. The van der Waals surface area contributed by atoms with Gasteiger partial charge < -0.3 is 0 Å². The minimum absolute atomic E-state index is 0.0301. The Kier molecular flexibility index (Phi) is 4.98. The van der Waals surface area contributed by atoms with Crippen LogP contribution < -0.4 is 4.72 Å². The van der Waals surface area contributed by atoms with Crippen molar-refractivity contribution in [2.24, 2.45) is 0 Å². The van der Waals surface area contributed by atoms with Crippen molar-refractivity contribution in [3.8, 4) is 0 Å². The molecular weight excluding hydrogens is 258 g/mol. The van der Waals surface area contributed by atoms with E-state index in [0.717, 1.165) is 11.1 Å². The molecule has 0 amide bonds.